The number of benzene rings is 2. The molecule has 0 aliphatic carbocycles. The van der Waals surface area contributed by atoms with E-state index >= 15 is 0 Å². The molecule has 0 saturated heterocycles. The van der Waals surface area contributed by atoms with Crippen molar-refractivity contribution < 1.29 is 14.0 Å². The Kier molecular flexibility index (Phi) is 7.01. The fourth-order valence-corrected chi connectivity index (χ4v) is 3.65. The molecule has 0 bridgehead atoms. The summed E-state index contributed by atoms with van der Waals surface area (Å²) in [4.78, 5) is 25.2. The second-order valence-corrected chi connectivity index (χ2v) is 7.69. The molecule has 156 valence electrons. The van der Waals surface area contributed by atoms with Gasteiger partial charge in [0.15, 0.2) is 0 Å². The third kappa shape index (κ3) is 5.33. The molecule has 2 aromatic carbocycles. The quantitative estimate of drug-likeness (QED) is 0.558. The SMILES string of the molecule is CC(=O)Nc1cccc(-n2nnnc2SCC(=O)N(C)Cc2c(F)cccc2Cl)c1. The highest BCUT2D eigenvalue weighted by molar-refractivity contribution is 7.99. The zero-order valence-corrected chi connectivity index (χ0v) is 17.7. The molecule has 1 N–H and O–H groups in total. The molecule has 1 aromatic heterocycles. The first-order valence-electron chi connectivity index (χ1n) is 8.81. The molecule has 0 aliphatic rings. The Morgan fingerprint density at radius 3 is 2.77 bits per heavy atom. The van der Waals surface area contributed by atoms with Crippen LogP contribution < -0.4 is 5.32 Å². The van der Waals surface area contributed by atoms with Crippen molar-refractivity contribution in [1.82, 2.24) is 25.1 Å². The van der Waals surface area contributed by atoms with E-state index in [0.29, 0.717) is 16.5 Å². The number of hydrogen-bond donors (Lipinski definition) is 1. The summed E-state index contributed by atoms with van der Waals surface area (Å²) in [6, 6.07) is 11.4. The first-order chi connectivity index (χ1) is 14.3. The fraction of sp³-hybridized carbons (Fsp3) is 0.211. The van der Waals surface area contributed by atoms with Crippen LogP contribution in [0.1, 0.15) is 12.5 Å². The topological polar surface area (TPSA) is 93.0 Å². The van der Waals surface area contributed by atoms with E-state index < -0.39 is 5.82 Å². The van der Waals surface area contributed by atoms with Crippen LogP contribution in [0.4, 0.5) is 10.1 Å². The minimum Gasteiger partial charge on any atom is -0.341 e. The van der Waals surface area contributed by atoms with E-state index in [9.17, 15) is 14.0 Å². The van der Waals surface area contributed by atoms with Crippen LogP contribution in [-0.2, 0) is 16.1 Å². The maximum atomic E-state index is 14.0. The van der Waals surface area contributed by atoms with Gasteiger partial charge in [0.25, 0.3) is 0 Å². The van der Waals surface area contributed by atoms with E-state index in [1.165, 1.54) is 28.6 Å². The van der Waals surface area contributed by atoms with E-state index in [4.69, 9.17) is 11.6 Å². The van der Waals surface area contributed by atoms with Crippen molar-refractivity contribution in [2.24, 2.45) is 0 Å². The molecule has 2 amide bonds. The number of hydrogen-bond acceptors (Lipinski definition) is 6. The molecule has 30 heavy (non-hydrogen) atoms. The average Bonchev–Trinajstić information content (AvgIpc) is 3.17. The summed E-state index contributed by atoms with van der Waals surface area (Å²) in [6.07, 6.45) is 0. The number of aromatic nitrogens is 4. The predicted octanol–water partition coefficient (Wildman–Crippen LogP) is 3.16. The molecule has 0 atom stereocenters. The first kappa shape index (κ1) is 21.7. The highest BCUT2D eigenvalue weighted by atomic mass is 35.5. The van der Waals surface area contributed by atoms with Gasteiger partial charge in [-0.25, -0.2) is 4.39 Å². The molecule has 3 aromatic rings. The molecule has 0 spiro atoms. The van der Waals surface area contributed by atoms with Gasteiger partial charge < -0.3 is 10.2 Å². The van der Waals surface area contributed by atoms with Crippen LogP contribution in [0.25, 0.3) is 5.69 Å². The minimum absolute atomic E-state index is 0.0499. The summed E-state index contributed by atoms with van der Waals surface area (Å²) in [5.74, 6) is -0.838. The number of nitrogens with zero attached hydrogens (tertiary/aromatic N) is 5. The summed E-state index contributed by atoms with van der Waals surface area (Å²) in [5.41, 5.74) is 1.50. The summed E-state index contributed by atoms with van der Waals surface area (Å²) in [7, 11) is 1.57. The van der Waals surface area contributed by atoms with Crippen LogP contribution >= 0.6 is 23.4 Å². The monoisotopic (exact) mass is 448 g/mol. The van der Waals surface area contributed by atoms with Crippen molar-refractivity contribution in [3.63, 3.8) is 0 Å². The van der Waals surface area contributed by atoms with Gasteiger partial charge in [-0.05, 0) is 40.8 Å². The summed E-state index contributed by atoms with van der Waals surface area (Å²) >= 11 is 7.18. The summed E-state index contributed by atoms with van der Waals surface area (Å²) in [5, 5.41) is 14.9. The van der Waals surface area contributed by atoms with E-state index in [-0.39, 0.29) is 34.7 Å². The molecule has 0 fully saturated rings. The normalized spacial score (nSPS) is 10.7. The molecule has 1 heterocycles. The molecular formula is C19H18ClFN6O2S. The minimum atomic E-state index is -0.460. The zero-order chi connectivity index (χ0) is 21.7. The summed E-state index contributed by atoms with van der Waals surface area (Å²) in [6.45, 7) is 1.47. The van der Waals surface area contributed by atoms with E-state index in [0.717, 1.165) is 11.8 Å². The second-order valence-electron chi connectivity index (χ2n) is 6.34. The van der Waals surface area contributed by atoms with Gasteiger partial charge in [-0.1, -0.05) is 35.5 Å². The lowest BCUT2D eigenvalue weighted by Gasteiger charge is -2.18. The molecule has 3 rings (SSSR count). The Bertz CT molecular complexity index is 1060. The molecule has 11 heteroatoms. The van der Waals surface area contributed by atoms with Crippen molar-refractivity contribution >= 4 is 40.9 Å². The molecule has 0 aliphatic heterocycles. The lowest BCUT2D eigenvalue weighted by Crippen LogP contribution is -2.28. The van der Waals surface area contributed by atoms with E-state index in [1.54, 1.807) is 37.4 Å². The molecule has 0 saturated carbocycles. The number of carbonyl (C=O) groups is 2. The van der Waals surface area contributed by atoms with Gasteiger partial charge in [-0.3, -0.25) is 9.59 Å². The van der Waals surface area contributed by atoms with Crippen LogP contribution in [0.15, 0.2) is 47.6 Å². The largest absolute Gasteiger partial charge is 0.341 e. The van der Waals surface area contributed by atoms with Gasteiger partial charge in [0, 0.05) is 36.8 Å². The Morgan fingerprint density at radius 1 is 1.27 bits per heavy atom. The van der Waals surface area contributed by atoms with Gasteiger partial charge in [0.2, 0.25) is 17.0 Å². The Hall–Kier alpha value is -2.98. The maximum absolute atomic E-state index is 14.0. The van der Waals surface area contributed by atoms with Crippen molar-refractivity contribution in [3.8, 4) is 5.69 Å². The second kappa shape index (κ2) is 9.68. The fourth-order valence-electron chi connectivity index (χ4n) is 2.59. The maximum Gasteiger partial charge on any atom is 0.233 e. The molecular weight excluding hydrogens is 431 g/mol. The van der Waals surface area contributed by atoms with Crippen LogP contribution in [0.3, 0.4) is 0 Å². The van der Waals surface area contributed by atoms with Crippen molar-refractivity contribution in [1.29, 1.82) is 0 Å². The Labute approximate surface area is 181 Å². The molecule has 0 unspecified atom stereocenters. The number of rotatable bonds is 7. The van der Waals surface area contributed by atoms with Gasteiger partial charge >= 0.3 is 0 Å². The van der Waals surface area contributed by atoms with Gasteiger partial charge in [-0.2, -0.15) is 4.68 Å². The van der Waals surface area contributed by atoms with Crippen molar-refractivity contribution in [2.75, 3.05) is 18.1 Å². The van der Waals surface area contributed by atoms with Crippen LogP contribution in [-0.4, -0.2) is 49.7 Å². The van der Waals surface area contributed by atoms with Crippen LogP contribution in [0.5, 0.6) is 0 Å². The van der Waals surface area contributed by atoms with E-state index in [2.05, 4.69) is 20.8 Å². The Balaban J connectivity index is 1.67. The third-order valence-electron chi connectivity index (χ3n) is 4.06. The zero-order valence-electron chi connectivity index (χ0n) is 16.2. The number of tetrazole rings is 1. The first-order valence-corrected chi connectivity index (χ1v) is 10.2. The van der Waals surface area contributed by atoms with Gasteiger partial charge in [-0.15, -0.1) is 5.10 Å². The van der Waals surface area contributed by atoms with Crippen molar-refractivity contribution in [2.45, 2.75) is 18.6 Å². The highest BCUT2D eigenvalue weighted by Gasteiger charge is 2.17. The Morgan fingerprint density at radius 2 is 2.03 bits per heavy atom. The van der Waals surface area contributed by atoms with Gasteiger partial charge in [0.05, 0.1) is 11.4 Å². The third-order valence-corrected chi connectivity index (χ3v) is 5.32. The number of carbonyl (C=O) groups excluding carboxylic acids is 2. The lowest BCUT2D eigenvalue weighted by molar-refractivity contribution is -0.127. The number of anilines is 1. The predicted molar refractivity (Wildman–Crippen MR) is 112 cm³/mol. The number of nitrogens with one attached hydrogen (secondary N) is 1. The number of halogens is 2. The molecule has 8 nitrogen and oxygen atoms in total. The number of thioether (sulfide) groups is 1. The standard InChI is InChI=1S/C19H18ClFN6O2S/c1-12(28)22-13-5-3-6-14(9-13)27-19(23-24-25-27)30-11-18(29)26(2)10-15-16(20)7-4-8-17(15)21/h3-9H,10-11H2,1-2H3,(H,22,28). The molecule has 0 radical (unpaired) electrons. The van der Waals surface area contributed by atoms with Crippen molar-refractivity contribution in [3.05, 3.63) is 58.9 Å². The summed E-state index contributed by atoms with van der Waals surface area (Å²) < 4.78 is 15.4. The highest BCUT2D eigenvalue weighted by Crippen LogP contribution is 2.23. The number of amides is 2. The van der Waals surface area contributed by atoms with E-state index in [1.807, 2.05) is 0 Å². The van der Waals surface area contributed by atoms with Crippen LogP contribution in [0.2, 0.25) is 5.02 Å². The average molecular weight is 449 g/mol. The van der Waals surface area contributed by atoms with Crippen LogP contribution in [0, 0.1) is 5.82 Å². The lowest BCUT2D eigenvalue weighted by atomic mass is 10.2. The smallest absolute Gasteiger partial charge is 0.233 e. The van der Waals surface area contributed by atoms with Gasteiger partial charge in [0.1, 0.15) is 5.82 Å².